The van der Waals surface area contributed by atoms with Crippen molar-refractivity contribution in [1.82, 2.24) is 5.32 Å². The average Bonchev–Trinajstić information content (AvgIpc) is 3.16. The fourth-order valence-corrected chi connectivity index (χ4v) is 8.84. The Kier molecular flexibility index (Phi) is 15.1. The van der Waals surface area contributed by atoms with Gasteiger partial charge in [-0.05, 0) is 92.4 Å². The van der Waals surface area contributed by atoms with Crippen molar-refractivity contribution in [1.29, 1.82) is 0 Å². The Morgan fingerprint density at radius 2 is 1.03 bits per heavy atom. The zero-order chi connectivity index (χ0) is 45.4. The molecule has 3 aromatic rings. The summed E-state index contributed by atoms with van der Waals surface area (Å²) in [6.07, 6.45) is 4.82. The molecule has 334 valence electrons. The fraction of sp³-hybridized carbons (Fsp3) is 0.642. The topological polar surface area (TPSA) is 77.0 Å². The summed E-state index contributed by atoms with van der Waals surface area (Å²) in [5.41, 5.74) is 9.36. The van der Waals surface area contributed by atoms with Crippen LogP contribution in [0.1, 0.15) is 220 Å². The Labute approximate surface area is 367 Å². The fourth-order valence-electron chi connectivity index (χ4n) is 7.75. The van der Waals surface area contributed by atoms with Crippen LogP contribution in [0.2, 0.25) is 0 Å². The van der Waals surface area contributed by atoms with E-state index in [1.807, 2.05) is 0 Å². The van der Waals surface area contributed by atoms with Crippen molar-refractivity contribution in [2.45, 2.75) is 208 Å². The molecule has 0 saturated heterocycles. The lowest BCUT2D eigenvalue weighted by Gasteiger charge is -2.38. The Hall–Kier alpha value is -3.08. The van der Waals surface area contributed by atoms with Gasteiger partial charge in [-0.2, -0.15) is 0 Å². The molecule has 6 nitrogen and oxygen atoms in total. The molecule has 0 fully saturated rings. The summed E-state index contributed by atoms with van der Waals surface area (Å²) in [6.45, 7) is 43.2. The quantitative estimate of drug-likeness (QED) is 0.118. The molecular formula is C53H82NO5P. The van der Waals surface area contributed by atoms with Crippen LogP contribution in [0.3, 0.4) is 0 Å². The maximum Gasteiger partial charge on any atom is 0.463 e. The molecule has 0 aliphatic carbocycles. The number of fused-ring (bicyclic) bond motifs is 2. The minimum atomic E-state index is -1.91. The van der Waals surface area contributed by atoms with Gasteiger partial charge in [0, 0.05) is 41.1 Å². The van der Waals surface area contributed by atoms with Crippen molar-refractivity contribution in [2.24, 2.45) is 0 Å². The van der Waals surface area contributed by atoms with E-state index in [1.165, 1.54) is 33.4 Å². The second kappa shape index (κ2) is 18.3. The van der Waals surface area contributed by atoms with Crippen molar-refractivity contribution in [3.63, 3.8) is 0 Å². The van der Waals surface area contributed by atoms with Gasteiger partial charge in [0.05, 0.1) is 6.61 Å². The van der Waals surface area contributed by atoms with Crippen molar-refractivity contribution in [3.8, 4) is 17.2 Å². The summed E-state index contributed by atoms with van der Waals surface area (Å²) < 4.78 is 20.8. The summed E-state index contributed by atoms with van der Waals surface area (Å²) in [4.78, 5) is 13.3. The normalized spacial score (nSPS) is 16.6. The van der Waals surface area contributed by atoms with Crippen LogP contribution < -0.4 is 14.4 Å². The molecule has 1 heterocycles. The van der Waals surface area contributed by atoms with Crippen LogP contribution in [0.4, 0.5) is 0 Å². The van der Waals surface area contributed by atoms with Gasteiger partial charge in [0.1, 0.15) is 17.2 Å². The van der Waals surface area contributed by atoms with Gasteiger partial charge in [-0.25, -0.2) is 0 Å². The number of phenols is 1. The molecule has 0 spiro atoms. The number of rotatable bonds is 15. The van der Waals surface area contributed by atoms with Crippen LogP contribution >= 0.6 is 8.60 Å². The maximum atomic E-state index is 13.3. The molecule has 4 rings (SSSR count). The third kappa shape index (κ3) is 10.9. The molecular weight excluding hydrogens is 762 g/mol. The second-order valence-electron chi connectivity index (χ2n) is 22.2. The standard InChI is InChI=1S/C53H82NO5P/c1-20-50(12,13)36-30-38-34(5)39-31-37(51(14,15)21-2)33-43(53(18,19)23-4)47(39)59-60(58-46(38)42(32-36)52(16,17)22-3)57-27-26-54-44(55)25-24-35-28-40(48(6,7)8)45(56)41(29-35)49(9,10)11/h28-34,56H,20-27H2,1-19H3,(H,54,55). The van der Waals surface area contributed by atoms with Crippen molar-refractivity contribution in [2.75, 3.05) is 13.2 Å². The van der Waals surface area contributed by atoms with Crippen LogP contribution in [0.25, 0.3) is 0 Å². The van der Waals surface area contributed by atoms with Crippen LogP contribution in [-0.2, 0) is 48.2 Å². The van der Waals surface area contributed by atoms with Crippen molar-refractivity contribution < 1.29 is 23.5 Å². The van der Waals surface area contributed by atoms with E-state index in [4.69, 9.17) is 13.6 Å². The summed E-state index contributed by atoms with van der Waals surface area (Å²) in [5.74, 6) is 2.03. The number of nitrogens with one attached hydrogen (secondary N) is 1. The first-order valence-corrected chi connectivity index (χ1v) is 23.9. The Morgan fingerprint density at radius 3 is 1.40 bits per heavy atom. The predicted octanol–water partition coefficient (Wildman–Crippen LogP) is 14.7. The highest BCUT2D eigenvalue weighted by molar-refractivity contribution is 7.42. The van der Waals surface area contributed by atoms with E-state index >= 15 is 0 Å². The van der Waals surface area contributed by atoms with Gasteiger partial charge >= 0.3 is 8.60 Å². The van der Waals surface area contributed by atoms with E-state index in [2.05, 4.69) is 173 Å². The Morgan fingerprint density at radius 1 is 0.633 bits per heavy atom. The number of benzene rings is 3. The molecule has 60 heavy (non-hydrogen) atoms. The zero-order valence-electron chi connectivity index (χ0n) is 41.2. The first-order chi connectivity index (χ1) is 27.5. The molecule has 1 amide bonds. The Balaban J connectivity index is 1.74. The van der Waals surface area contributed by atoms with Crippen molar-refractivity contribution in [3.05, 3.63) is 86.5 Å². The second-order valence-corrected chi connectivity index (χ2v) is 23.3. The van der Waals surface area contributed by atoms with Gasteiger partial charge in [-0.3, -0.25) is 9.32 Å². The number of aromatic hydroxyl groups is 1. The summed E-state index contributed by atoms with van der Waals surface area (Å²) in [7, 11) is -1.91. The number of carbonyl (C=O) groups is 1. The third-order valence-corrected chi connectivity index (χ3v) is 15.2. The lowest BCUT2D eigenvalue weighted by atomic mass is 9.72. The monoisotopic (exact) mass is 844 g/mol. The van der Waals surface area contributed by atoms with Crippen molar-refractivity contribution >= 4 is 14.5 Å². The molecule has 1 aliphatic heterocycles. The third-order valence-electron chi connectivity index (χ3n) is 14.1. The van der Waals surface area contributed by atoms with E-state index in [9.17, 15) is 9.90 Å². The lowest BCUT2D eigenvalue weighted by Crippen LogP contribution is -2.28. The lowest BCUT2D eigenvalue weighted by molar-refractivity contribution is -0.121. The number of phenolic OH excluding ortho intramolecular Hbond substituents is 1. The van der Waals surface area contributed by atoms with E-state index in [0.29, 0.717) is 25.1 Å². The summed E-state index contributed by atoms with van der Waals surface area (Å²) >= 11 is 0. The van der Waals surface area contributed by atoms with E-state index in [1.54, 1.807) is 0 Å². The van der Waals surface area contributed by atoms with Gasteiger partial charge in [-0.15, -0.1) is 0 Å². The number of hydrogen-bond acceptors (Lipinski definition) is 5. The van der Waals surface area contributed by atoms with Gasteiger partial charge in [0.2, 0.25) is 5.91 Å². The zero-order valence-corrected chi connectivity index (χ0v) is 42.1. The molecule has 0 bridgehead atoms. The molecule has 2 N–H and O–H groups in total. The first-order valence-electron chi connectivity index (χ1n) is 22.8. The maximum absolute atomic E-state index is 13.3. The van der Waals surface area contributed by atoms with E-state index in [-0.39, 0.29) is 50.9 Å². The highest BCUT2D eigenvalue weighted by Crippen LogP contribution is 2.56. The minimum absolute atomic E-state index is 0.00278. The van der Waals surface area contributed by atoms with Crippen LogP contribution in [0.15, 0.2) is 36.4 Å². The number of aryl methyl sites for hydroxylation is 1. The molecule has 0 aromatic heterocycles. The predicted molar refractivity (Wildman–Crippen MR) is 255 cm³/mol. The van der Waals surface area contributed by atoms with Gasteiger partial charge in [0.25, 0.3) is 0 Å². The largest absolute Gasteiger partial charge is 0.507 e. The molecule has 0 unspecified atom stereocenters. The molecule has 0 atom stereocenters. The number of amides is 1. The van der Waals surface area contributed by atoms with Gasteiger partial charge < -0.3 is 19.5 Å². The van der Waals surface area contributed by atoms with Crippen LogP contribution in [0.5, 0.6) is 17.2 Å². The average molecular weight is 844 g/mol. The minimum Gasteiger partial charge on any atom is -0.507 e. The highest BCUT2D eigenvalue weighted by atomic mass is 31.2. The van der Waals surface area contributed by atoms with Gasteiger partial charge in [-0.1, -0.05) is 168 Å². The molecule has 7 heteroatoms. The SMILES string of the molecule is CCC(C)(C)c1cc2c(c(C(C)(C)CC)c1)OP(OCCNC(=O)CCc1cc(C(C)(C)C)c(O)c(C(C)(C)C)c1)Oc1c(cc(C(C)(C)CC)cc1C(C)(C)CC)C2C. The first kappa shape index (κ1) is 49.6. The number of carbonyl (C=O) groups excluding carboxylic acids is 1. The van der Waals surface area contributed by atoms with E-state index in [0.717, 1.165) is 53.9 Å². The van der Waals surface area contributed by atoms with Gasteiger partial charge in [0.15, 0.2) is 0 Å². The van der Waals surface area contributed by atoms with Crippen LogP contribution in [-0.4, -0.2) is 24.2 Å². The summed E-state index contributed by atoms with van der Waals surface area (Å²) in [5, 5.41) is 14.3. The van der Waals surface area contributed by atoms with E-state index < -0.39 is 8.60 Å². The smallest absolute Gasteiger partial charge is 0.463 e. The molecule has 3 aromatic carbocycles. The molecule has 0 saturated carbocycles. The molecule has 1 aliphatic rings. The van der Waals surface area contributed by atoms with Crippen LogP contribution in [0, 0.1) is 0 Å². The highest BCUT2D eigenvalue weighted by Gasteiger charge is 2.39. The number of hydrogen-bond donors (Lipinski definition) is 2. The Bertz CT molecular complexity index is 1870. The summed E-state index contributed by atoms with van der Waals surface area (Å²) in [6, 6.07) is 13.7. The molecule has 0 radical (unpaired) electrons.